The van der Waals surface area contributed by atoms with Gasteiger partial charge in [0.05, 0.1) is 13.2 Å². The normalized spacial score (nSPS) is 11.8. The molecular weight excluding hydrogens is 615 g/mol. The predicted octanol–water partition coefficient (Wildman–Crippen LogP) is 8.45. The minimum Gasteiger partial charge on any atom is -0.463 e. The maximum Gasteiger partial charge on any atom is 0.330 e. The van der Waals surface area contributed by atoms with Crippen molar-refractivity contribution in [1.82, 2.24) is 0 Å². The van der Waals surface area contributed by atoms with Gasteiger partial charge in [0.1, 0.15) is 0 Å². The molecule has 0 aliphatic heterocycles. The molecule has 0 N–H and O–H groups in total. The van der Waals surface area contributed by atoms with Crippen molar-refractivity contribution in [2.45, 2.75) is 13.8 Å². The summed E-state index contributed by atoms with van der Waals surface area (Å²) in [7, 11) is -3.43. The summed E-state index contributed by atoms with van der Waals surface area (Å²) in [6.07, 6.45) is 6.41. The topological polar surface area (TPSA) is 69.7 Å². The zero-order valence-corrected chi connectivity index (χ0v) is 27.7. The fourth-order valence-corrected chi connectivity index (χ4v) is 9.04. The van der Waals surface area contributed by atoms with Crippen molar-refractivity contribution in [3.05, 3.63) is 151 Å². The molecule has 238 valence electrons. The molecular formula is C42H35O5P. The summed E-state index contributed by atoms with van der Waals surface area (Å²) in [5.74, 6) is -0.821. The Kier molecular flexibility index (Phi) is 9.80. The quantitative estimate of drug-likeness (QED) is 0.0846. The highest BCUT2D eigenvalue weighted by Gasteiger charge is 2.33. The van der Waals surface area contributed by atoms with Gasteiger partial charge < -0.3 is 14.0 Å². The molecule has 6 aromatic rings. The number of carbonyl (C=O) groups is 2. The van der Waals surface area contributed by atoms with Crippen molar-refractivity contribution in [1.29, 1.82) is 0 Å². The smallest absolute Gasteiger partial charge is 0.330 e. The number of fused-ring (bicyclic) bond motifs is 2. The van der Waals surface area contributed by atoms with Crippen LogP contribution in [-0.2, 0) is 23.6 Å². The molecule has 0 spiro atoms. The van der Waals surface area contributed by atoms with E-state index in [9.17, 15) is 9.59 Å². The van der Waals surface area contributed by atoms with Gasteiger partial charge in [-0.3, -0.25) is 0 Å². The van der Waals surface area contributed by atoms with E-state index in [1.54, 1.807) is 26.0 Å². The summed E-state index contributed by atoms with van der Waals surface area (Å²) < 4.78 is 26.2. The van der Waals surface area contributed by atoms with Crippen LogP contribution in [0.1, 0.15) is 25.0 Å². The SMILES string of the molecule is CCOC(=O)C=Cc1cccc2c(-c3c(P(=O)(c4ccccc4)c4ccccc4)ccc4c(C=CC(=O)OCC)cccc34)cccc12. The Morgan fingerprint density at radius 3 is 1.56 bits per heavy atom. The second-order valence-electron chi connectivity index (χ2n) is 11.1. The molecule has 0 bridgehead atoms. The number of benzene rings is 6. The van der Waals surface area contributed by atoms with Gasteiger partial charge in [-0.05, 0) is 70.3 Å². The molecule has 48 heavy (non-hydrogen) atoms. The molecule has 6 aromatic carbocycles. The first-order valence-electron chi connectivity index (χ1n) is 15.9. The summed E-state index contributed by atoms with van der Waals surface area (Å²) in [4.78, 5) is 24.5. The van der Waals surface area contributed by atoms with Gasteiger partial charge in [-0.1, -0.05) is 121 Å². The average Bonchev–Trinajstić information content (AvgIpc) is 3.13. The lowest BCUT2D eigenvalue weighted by Crippen LogP contribution is -2.26. The van der Waals surface area contributed by atoms with E-state index in [1.807, 2.05) is 115 Å². The van der Waals surface area contributed by atoms with Gasteiger partial charge in [-0.25, -0.2) is 9.59 Å². The van der Waals surface area contributed by atoms with Gasteiger partial charge in [0, 0.05) is 33.6 Å². The van der Waals surface area contributed by atoms with E-state index < -0.39 is 19.1 Å². The third-order valence-electron chi connectivity index (χ3n) is 8.25. The molecule has 0 aliphatic carbocycles. The summed E-state index contributed by atoms with van der Waals surface area (Å²) in [5.41, 5.74) is 3.43. The predicted molar refractivity (Wildman–Crippen MR) is 198 cm³/mol. The Bertz CT molecular complexity index is 2180. The average molecular weight is 651 g/mol. The first kappa shape index (κ1) is 32.4. The molecule has 0 radical (unpaired) electrons. The van der Waals surface area contributed by atoms with Crippen LogP contribution in [-0.4, -0.2) is 25.2 Å². The number of hydrogen-bond donors (Lipinski definition) is 0. The molecule has 0 unspecified atom stereocenters. The lowest BCUT2D eigenvalue weighted by atomic mass is 9.91. The number of esters is 2. The molecule has 0 aromatic heterocycles. The lowest BCUT2D eigenvalue weighted by Gasteiger charge is -2.25. The van der Waals surface area contributed by atoms with Crippen molar-refractivity contribution in [2.75, 3.05) is 13.2 Å². The summed E-state index contributed by atoms with van der Waals surface area (Å²) in [5, 5.41) is 5.84. The summed E-state index contributed by atoms with van der Waals surface area (Å²) in [6, 6.07) is 41.2. The highest BCUT2D eigenvalue weighted by molar-refractivity contribution is 7.85. The van der Waals surface area contributed by atoms with Gasteiger partial charge in [0.2, 0.25) is 0 Å². The third-order valence-corrected chi connectivity index (χ3v) is 11.4. The first-order valence-corrected chi connectivity index (χ1v) is 17.7. The summed E-state index contributed by atoms with van der Waals surface area (Å²) >= 11 is 0. The Morgan fingerprint density at radius 2 is 1.02 bits per heavy atom. The van der Waals surface area contributed by atoms with E-state index in [0.29, 0.717) is 18.5 Å². The van der Waals surface area contributed by atoms with E-state index in [1.165, 1.54) is 12.2 Å². The lowest BCUT2D eigenvalue weighted by molar-refractivity contribution is -0.138. The fourth-order valence-electron chi connectivity index (χ4n) is 6.16. The first-order chi connectivity index (χ1) is 23.5. The van der Waals surface area contributed by atoms with Gasteiger partial charge >= 0.3 is 11.9 Å². The molecule has 0 heterocycles. The van der Waals surface area contributed by atoms with E-state index in [0.717, 1.165) is 54.4 Å². The zero-order valence-electron chi connectivity index (χ0n) is 26.8. The van der Waals surface area contributed by atoms with E-state index >= 15 is 4.57 Å². The largest absolute Gasteiger partial charge is 0.463 e. The van der Waals surface area contributed by atoms with Crippen molar-refractivity contribution in [3.63, 3.8) is 0 Å². The minimum absolute atomic E-state index is 0.290. The Balaban J connectivity index is 1.69. The van der Waals surface area contributed by atoms with Crippen molar-refractivity contribution >= 4 is 68.7 Å². The van der Waals surface area contributed by atoms with Crippen LogP contribution < -0.4 is 15.9 Å². The standard InChI is InChI=1S/C42H35O5P/c1-3-46-40(43)28-24-30-14-11-21-36-34(30)20-13-23-38(36)42-37-22-12-15-31(25-29-41(44)47-4-2)35(37)26-27-39(42)48(45,32-16-7-5-8-17-32)33-18-9-6-10-19-33/h5-29H,3-4H2,1-2H3. The molecule has 6 rings (SSSR count). The van der Waals surface area contributed by atoms with Crippen molar-refractivity contribution < 1.29 is 23.6 Å². The number of rotatable bonds is 10. The van der Waals surface area contributed by atoms with Gasteiger partial charge in [-0.15, -0.1) is 0 Å². The van der Waals surface area contributed by atoms with Crippen LogP contribution in [0.2, 0.25) is 0 Å². The van der Waals surface area contributed by atoms with Crippen LogP contribution in [0.15, 0.2) is 140 Å². The summed E-state index contributed by atoms with van der Waals surface area (Å²) in [6.45, 7) is 4.14. The molecule has 0 amide bonds. The molecule has 0 aliphatic rings. The van der Waals surface area contributed by atoms with E-state index in [-0.39, 0.29) is 0 Å². The molecule has 0 saturated carbocycles. The van der Waals surface area contributed by atoms with Crippen LogP contribution in [0, 0.1) is 0 Å². The number of ether oxygens (including phenoxy) is 2. The van der Waals surface area contributed by atoms with Crippen LogP contribution in [0.3, 0.4) is 0 Å². The maximum atomic E-state index is 15.9. The van der Waals surface area contributed by atoms with Crippen LogP contribution in [0.25, 0.3) is 44.8 Å². The molecule has 0 saturated heterocycles. The highest BCUT2D eigenvalue weighted by atomic mass is 31.2. The van der Waals surface area contributed by atoms with Gasteiger partial charge in [-0.2, -0.15) is 0 Å². The Morgan fingerprint density at radius 1 is 0.542 bits per heavy atom. The second-order valence-corrected chi connectivity index (χ2v) is 13.8. The number of carbonyl (C=O) groups excluding carboxylic acids is 2. The monoisotopic (exact) mass is 650 g/mol. The fraction of sp³-hybridized carbons (Fsp3) is 0.0952. The van der Waals surface area contributed by atoms with Crippen molar-refractivity contribution in [2.24, 2.45) is 0 Å². The van der Waals surface area contributed by atoms with E-state index in [2.05, 4.69) is 12.1 Å². The Hall–Kier alpha value is -5.51. The highest BCUT2D eigenvalue weighted by Crippen LogP contribution is 2.48. The Labute approximate surface area is 280 Å². The third kappa shape index (κ3) is 6.38. The van der Waals surface area contributed by atoms with Crippen LogP contribution >= 0.6 is 7.14 Å². The van der Waals surface area contributed by atoms with E-state index in [4.69, 9.17) is 9.47 Å². The van der Waals surface area contributed by atoms with Gasteiger partial charge in [0.15, 0.2) is 7.14 Å². The molecule has 0 atom stereocenters. The minimum atomic E-state index is -3.43. The zero-order chi connectivity index (χ0) is 33.5. The van der Waals surface area contributed by atoms with Crippen molar-refractivity contribution in [3.8, 4) is 11.1 Å². The van der Waals surface area contributed by atoms with Gasteiger partial charge in [0.25, 0.3) is 0 Å². The molecule has 6 heteroatoms. The molecule has 5 nitrogen and oxygen atoms in total. The second kappa shape index (κ2) is 14.5. The number of hydrogen-bond acceptors (Lipinski definition) is 5. The maximum absolute atomic E-state index is 15.9. The molecule has 0 fully saturated rings. The van der Waals surface area contributed by atoms with Crippen LogP contribution in [0.5, 0.6) is 0 Å². The van der Waals surface area contributed by atoms with Crippen LogP contribution in [0.4, 0.5) is 0 Å².